The molecule has 0 rings (SSSR count). The lowest BCUT2D eigenvalue weighted by Gasteiger charge is -2.18. The zero-order valence-electron chi connectivity index (χ0n) is 45.2. The molecule has 0 aromatic carbocycles. The number of esters is 3. The maximum Gasteiger partial charge on any atom is 0.306 e. The second kappa shape index (κ2) is 57.6. The van der Waals surface area contributed by atoms with Gasteiger partial charge in [0.25, 0.3) is 0 Å². The van der Waals surface area contributed by atoms with E-state index in [1.807, 2.05) is 0 Å². The Kier molecular flexibility index (Phi) is 53.6. The first-order chi connectivity index (χ1) is 35.0. The molecule has 6 nitrogen and oxygen atoms in total. The normalized spacial score (nSPS) is 13.3. The second-order valence-electron chi connectivity index (χ2n) is 17.7. The molecule has 0 fully saturated rings. The second-order valence-corrected chi connectivity index (χ2v) is 17.7. The van der Waals surface area contributed by atoms with Crippen LogP contribution in [-0.2, 0) is 28.6 Å². The van der Waals surface area contributed by atoms with Crippen LogP contribution < -0.4 is 0 Å². The van der Waals surface area contributed by atoms with E-state index in [1.165, 1.54) is 25.7 Å². The molecule has 6 heteroatoms. The number of hydrogen-bond acceptors (Lipinski definition) is 6. The van der Waals surface area contributed by atoms with Gasteiger partial charge in [0, 0.05) is 19.3 Å². The fraction of sp³-hybridized carbons (Fsp3) is 0.554. The Morgan fingerprint density at radius 3 is 0.901 bits per heavy atom. The standard InChI is InChI=1S/C65H100O6/c1-4-7-10-13-16-19-22-24-26-27-28-29-30-31-32-33-34-35-36-37-39-40-43-46-49-52-55-58-64(67)70-61-62(60-69-63(66)57-54-51-48-45-42-21-18-15-12-9-6-3)71-65(68)59-56-53-50-47-44-41-38-25-23-20-17-14-11-8-5-2/h7-8,10-11,15-20,24-26,28-29,31-32,34-35,37-39,43-44,46-47,62H,4-6,9,12-14,21-23,27,30,33,36,40-42,45,48-61H2,1-3H3/b10-7-,11-8-,18-15-,19-16-,20-17-,26-24-,29-28-,32-31-,35-34-,38-25-,39-37-,46-43-,47-44-. The number of allylic oxidation sites excluding steroid dienone is 26. The largest absolute Gasteiger partial charge is 0.462 e. The Morgan fingerprint density at radius 1 is 0.296 bits per heavy atom. The first kappa shape index (κ1) is 66.0. The van der Waals surface area contributed by atoms with E-state index in [2.05, 4.69) is 179 Å². The SMILES string of the molecule is CC/C=C\C/C=C\C/C=C\C/C=C\C/C=C\C/C=C\C/C=C\C/C=C\CCCCC(=O)OCC(COC(=O)CCCCCCC/C=C\CCCC)OC(=O)CCCC/C=C\C/C=C\C/C=C\C/C=C\CC. The van der Waals surface area contributed by atoms with Crippen LogP contribution in [0.4, 0.5) is 0 Å². The van der Waals surface area contributed by atoms with Gasteiger partial charge >= 0.3 is 17.9 Å². The Labute approximate surface area is 435 Å². The molecule has 396 valence electrons. The quantitative estimate of drug-likeness (QED) is 0.0262. The Morgan fingerprint density at radius 2 is 0.549 bits per heavy atom. The lowest BCUT2D eigenvalue weighted by molar-refractivity contribution is -0.167. The minimum absolute atomic E-state index is 0.120. The van der Waals surface area contributed by atoms with Crippen molar-refractivity contribution in [2.45, 2.75) is 219 Å². The van der Waals surface area contributed by atoms with Gasteiger partial charge < -0.3 is 14.2 Å². The van der Waals surface area contributed by atoms with Gasteiger partial charge in [-0.1, -0.05) is 211 Å². The molecule has 0 aliphatic carbocycles. The molecule has 0 aromatic heterocycles. The average Bonchev–Trinajstić information content (AvgIpc) is 3.37. The Bertz CT molecular complexity index is 1640. The highest BCUT2D eigenvalue weighted by molar-refractivity contribution is 5.71. The smallest absolute Gasteiger partial charge is 0.306 e. The third-order valence-electron chi connectivity index (χ3n) is 11.0. The zero-order valence-corrected chi connectivity index (χ0v) is 45.2. The zero-order chi connectivity index (χ0) is 51.4. The molecule has 0 amide bonds. The highest BCUT2D eigenvalue weighted by atomic mass is 16.6. The molecule has 0 aromatic rings. The summed E-state index contributed by atoms with van der Waals surface area (Å²) < 4.78 is 16.7. The fourth-order valence-electron chi connectivity index (χ4n) is 6.84. The highest BCUT2D eigenvalue weighted by Crippen LogP contribution is 2.12. The summed E-state index contributed by atoms with van der Waals surface area (Å²) in [4.78, 5) is 38.0. The van der Waals surface area contributed by atoms with Crippen molar-refractivity contribution in [3.05, 3.63) is 158 Å². The predicted octanol–water partition coefficient (Wildman–Crippen LogP) is 19.0. The molecular formula is C65H100O6. The van der Waals surface area contributed by atoms with Gasteiger partial charge in [-0.3, -0.25) is 14.4 Å². The van der Waals surface area contributed by atoms with Crippen LogP contribution in [0.1, 0.15) is 213 Å². The molecule has 71 heavy (non-hydrogen) atoms. The molecule has 1 atom stereocenters. The molecule has 0 spiro atoms. The highest BCUT2D eigenvalue weighted by Gasteiger charge is 2.19. The summed E-state index contributed by atoms with van der Waals surface area (Å²) in [5.41, 5.74) is 0. The van der Waals surface area contributed by atoms with Crippen molar-refractivity contribution in [3.63, 3.8) is 0 Å². The maximum absolute atomic E-state index is 12.8. The fourth-order valence-corrected chi connectivity index (χ4v) is 6.84. The molecule has 0 N–H and O–H groups in total. The summed E-state index contributed by atoms with van der Waals surface area (Å²) in [5, 5.41) is 0. The lowest BCUT2D eigenvalue weighted by atomic mass is 10.1. The molecule has 0 aliphatic heterocycles. The van der Waals surface area contributed by atoms with Gasteiger partial charge in [-0.2, -0.15) is 0 Å². The average molecular weight is 978 g/mol. The minimum Gasteiger partial charge on any atom is -0.462 e. The number of carbonyl (C=O) groups is 3. The number of hydrogen-bond donors (Lipinski definition) is 0. The number of carbonyl (C=O) groups excluding carboxylic acids is 3. The van der Waals surface area contributed by atoms with Crippen molar-refractivity contribution < 1.29 is 28.6 Å². The van der Waals surface area contributed by atoms with Crippen molar-refractivity contribution in [2.24, 2.45) is 0 Å². The van der Waals surface area contributed by atoms with E-state index >= 15 is 0 Å². The first-order valence-corrected chi connectivity index (χ1v) is 28.0. The maximum atomic E-state index is 12.8. The van der Waals surface area contributed by atoms with E-state index in [-0.39, 0.29) is 44.0 Å². The summed E-state index contributed by atoms with van der Waals surface area (Å²) in [7, 11) is 0. The summed E-state index contributed by atoms with van der Waals surface area (Å²) in [6.07, 6.45) is 83.9. The van der Waals surface area contributed by atoms with Gasteiger partial charge in [0.2, 0.25) is 0 Å². The van der Waals surface area contributed by atoms with Gasteiger partial charge in [0.1, 0.15) is 13.2 Å². The topological polar surface area (TPSA) is 78.9 Å². The van der Waals surface area contributed by atoms with Crippen LogP contribution in [0.25, 0.3) is 0 Å². The third-order valence-corrected chi connectivity index (χ3v) is 11.0. The molecule has 0 bridgehead atoms. The van der Waals surface area contributed by atoms with Crippen LogP contribution in [0.2, 0.25) is 0 Å². The molecule has 0 saturated carbocycles. The van der Waals surface area contributed by atoms with E-state index in [0.717, 1.165) is 135 Å². The van der Waals surface area contributed by atoms with E-state index in [4.69, 9.17) is 14.2 Å². The van der Waals surface area contributed by atoms with Gasteiger partial charge in [-0.15, -0.1) is 0 Å². The van der Waals surface area contributed by atoms with Crippen LogP contribution in [-0.4, -0.2) is 37.2 Å². The summed E-state index contributed by atoms with van der Waals surface area (Å²) in [6, 6.07) is 0. The first-order valence-electron chi connectivity index (χ1n) is 28.0. The van der Waals surface area contributed by atoms with Crippen molar-refractivity contribution in [1.82, 2.24) is 0 Å². The van der Waals surface area contributed by atoms with Crippen LogP contribution in [0.3, 0.4) is 0 Å². The molecular weight excluding hydrogens is 877 g/mol. The van der Waals surface area contributed by atoms with Gasteiger partial charge in [0.15, 0.2) is 6.10 Å². The number of rotatable bonds is 48. The van der Waals surface area contributed by atoms with Gasteiger partial charge in [-0.25, -0.2) is 0 Å². The monoisotopic (exact) mass is 977 g/mol. The van der Waals surface area contributed by atoms with Crippen LogP contribution in [0.5, 0.6) is 0 Å². The van der Waals surface area contributed by atoms with Crippen molar-refractivity contribution in [3.8, 4) is 0 Å². The molecule has 0 radical (unpaired) electrons. The van der Waals surface area contributed by atoms with E-state index in [1.54, 1.807) is 0 Å². The number of unbranched alkanes of at least 4 members (excludes halogenated alkanes) is 11. The summed E-state index contributed by atoms with van der Waals surface area (Å²) >= 11 is 0. The van der Waals surface area contributed by atoms with Gasteiger partial charge in [-0.05, 0) is 141 Å². The Hall–Kier alpha value is -4.97. The minimum atomic E-state index is -0.828. The molecule has 0 heterocycles. The third kappa shape index (κ3) is 55.8. The van der Waals surface area contributed by atoms with Crippen LogP contribution in [0, 0.1) is 0 Å². The van der Waals surface area contributed by atoms with Gasteiger partial charge in [0.05, 0.1) is 0 Å². The van der Waals surface area contributed by atoms with E-state index in [0.29, 0.717) is 19.3 Å². The molecule has 0 aliphatic rings. The lowest BCUT2D eigenvalue weighted by Crippen LogP contribution is -2.30. The predicted molar refractivity (Wildman–Crippen MR) is 306 cm³/mol. The number of ether oxygens (including phenoxy) is 3. The van der Waals surface area contributed by atoms with Crippen LogP contribution >= 0.6 is 0 Å². The molecule has 1 unspecified atom stereocenters. The van der Waals surface area contributed by atoms with E-state index < -0.39 is 6.10 Å². The van der Waals surface area contributed by atoms with Crippen molar-refractivity contribution in [2.75, 3.05) is 13.2 Å². The van der Waals surface area contributed by atoms with Crippen molar-refractivity contribution in [1.29, 1.82) is 0 Å². The Balaban J connectivity index is 4.47. The van der Waals surface area contributed by atoms with Crippen LogP contribution in [0.15, 0.2) is 158 Å². The molecule has 0 saturated heterocycles. The summed E-state index contributed by atoms with van der Waals surface area (Å²) in [5.74, 6) is -1.03. The van der Waals surface area contributed by atoms with E-state index in [9.17, 15) is 14.4 Å². The summed E-state index contributed by atoms with van der Waals surface area (Å²) in [6.45, 7) is 6.26. The van der Waals surface area contributed by atoms with Crippen molar-refractivity contribution >= 4 is 17.9 Å².